The van der Waals surface area contributed by atoms with Crippen LogP contribution >= 0.6 is 11.6 Å². The van der Waals surface area contributed by atoms with Crippen LogP contribution in [0, 0.1) is 6.92 Å². The van der Waals surface area contributed by atoms with E-state index in [2.05, 4.69) is 5.32 Å². The lowest BCUT2D eigenvalue weighted by Crippen LogP contribution is -2.51. The Labute approximate surface area is 217 Å². The van der Waals surface area contributed by atoms with E-state index in [1.54, 1.807) is 56.3 Å². The molecule has 2 amide bonds. The lowest BCUT2D eigenvalue weighted by molar-refractivity contribution is -0.139. The number of carbonyl (C=O) groups excluding carboxylic acids is 2. The Morgan fingerprint density at radius 1 is 0.944 bits per heavy atom. The van der Waals surface area contributed by atoms with Gasteiger partial charge in [0.05, 0.1) is 10.6 Å². The number of aryl methyl sites for hydroxylation is 1. The second-order valence-corrected chi connectivity index (χ2v) is 10.6. The van der Waals surface area contributed by atoms with E-state index >= 15 is 0 Å². The van der Waals surface area contributed by atoms with Crippen LogP contribution in [-0.2, 0) is 26.2 Å². The first-order chi connectivity index (χ1) is 17.1. The molecule has 0 aromatic heterocycles. The van der Waals surface area contributed by atoms with Crippen LogP contribution in [0.15, 0.2) is 83.8 Å². The maximum absolute atomic E-state index is 13.8. The average Bonchev–Trinajstić information content (AvgIpc) is 2.87. The normalized spacial score (nSPS) is 12.0. The number of benzene rings is 3. The molecule has 0 bridgehead atoms. The molecule has 9 heteroatoms. The predicted octanol–water partition coefficient (Wildman–Crippen LogP) is 4.40. The van der Waals surface area contributed by atoms with E-state index in [4.69, 9.17) is 11.6 Å². The van der Waals surface area contributed by atoms with Gasteiger partial charge in [-0.05, 0) is 68.3 Å². The molecule has 7 nitrogen and oxygen atoms in total. The summed E-state index contributed by atoms with van der Waals surface area (Å²) in [5.74, 6) is -0.824. The van der Waals surface area contributed by atoms with Gasteiger partial charge in [0.2, 0.25) is 11.8 Å². The van der Waals surface area contributed by atoms with E-state index in [9.17, 15) is 18.0 Å². The van der Waals surface area contributed by atoms with Gasteiger partial charge in [-0.3, -0.25) is 13.9 Å². The Morgan fingerprint density at radius 3 is 2.17 bits per heavy atom. The molecule has 0 aliphatic carbocycles. The highest BCUT2D eigenvalue weighted by Crippen LogP contribution is 2.26. The third-order valence-electron chi connectivity index (χ3n) is 5.84. The van der Waals surface area contributed by atoms with Crippen LogP contribution in [0.3, 0.4) is 0 Å². The maximum Gasteiger partial charge on any atom is 0.264 e. The highest BCUT2D eigenvalue weighted by molar-refractivity contribution is 7.92. The summed E-state index contributed by atoms with van der Waals surface area (Å²) < 4.78 is 28.3. The minimum atomic E-state index is -4.09. The van der Waals surface area contributed by atoms with Crippen LogP contribution in [0.2, 0.25) is 5.02 Å². The molecule has 0 fully saturated rings. The van der Waals surface area contributed by atoms with Crippen molar-refractivity contribution in [3.05, 3.63) is 95.0 Å². The monoisotopic (exact) mass is 527 g/mol. The number of halogens is 1. The first-order valence-corrected chi connectivity index (χ1v) is 13.4. The Bertz CT molecular complexity index is 1300. The van der Waals surface area contributed by atoms with E-state index in [1.165, 1.54) is 17.0 Å². The fraction of sp³-hybridized carbons (Fsp3) is 0.259. The zero-order valence-electron chi connectivity index (χ0n) is 20.5. The first kappa shape index (κ1) is 27.2. The number of anilines is 1. The molecule has 0 saturated heterocycles. The third kappa shape index (κ3) is 6.44. The molecule has 0 spiro atoms. The summed E-state index contributed by atoms with van der Waals surface area (Å²) in [5, 5.41) is 3.19. The predicted molar refractivity (Wildman–Crippen MR) is 142 cm³/mol. The second-order valence-electron chi connectivity index (χ2n) is 8.32. The topological polar surface area (TPSA) is 86.8 Å². The maximum atomic E-state index is 13.8. The largest absolute Gasteiger partial charge is 0.355 e. The van der Waals surface area contributed by atoms with E-state index in [0.717, 1.165) is 15.4 Å². The van der Waals surface area contributed by atoms with Gasteiger partial charge in [-0.25, -0.2) is 8.42 Å². The van der Waals surface area contributed by atoms with Gasteiger partial charge in [-0.15, -0.1) is 0 Å². The SMILES string of the molecule is CCNC(=O)[C@@H](C)N(Cc1ccccc1C)C(=O)CN(c1ccc(Cl)cc1)S(=O)(=O)c1ccccc1. The Kier molecular flexibility index (Phi) is 9.12. The number of likely N-dealkylation sites (N-methyl/N-ethyl adjacent to an activating group) is 1. The number of amides is 2. The quantitative estimate of drug-likeness (QED) is 0.423. The highest BCUT2D eigenvalue weighted by Gasteiger charge is 2.32. The van der Waals surface area contributed by atoms with Crippen molar-refractivity contribution in [2.24, 2.45) is 0 Å². The molecule has 0 aliphatic heterocycles. The summed E-state index contributed by atoms with van der Waals surface area (Å²) >= 11 is 6.03. The van der Waals surface area contributed by atoms with Gasteiger partial charge in [-0.1, -0.05) is 54.1 Å². The van der Waals surface area contributed by atoms with Crippen molar-refractivity contribution in [1.29, 1.82) is 0 Å². The molecule has 0 saturated carbocycles. The number of nitrogens with one attached hydrogen (secondary N) is 1. The summed E-state index contributed by atoms with van der Waals surface area (Å²) in [4.78, 5) is 27.9. The van der Waals surface area contributed by atoms with Crippen molar-refractivity contribution in [2.75, 3.05) is 17.4 Å². The molecule has 0 heterocycles. The van der Waals surface area contributed by atoms with Crippen LogP contribution in [0.4, 0.5) is 5.69 Å². The summed E-state index contributed by atoms with van der Waals surface area (Å²) in [6, 6.07) is 20.9. The minimum Gasteiger partial charge on any atom is -0.355 e. The van der Waals surface area contributed by atoms with E-state index in [-0.39, 0.29) is 23.0 Å². The van der Waals surface area contributed by atoms with E-state index < -0.39 is 28.5 Å². The number of rotatable bonds is 10. The average molecular weight is 528 g/mol. The molecular formula is C27H30ClN3O4S. The molecule has 0 radical (unpaired) electrons. The van der Waals surface area contributed by atoms with Gasteiger partial charge in [0.1, 0.15) is 12.6 Å². The van der Waals surface area contributed by atoms with Crippen molar-refractivity contribution in [1.82, 2.24) is 10.2 Å². The van der Waals surface area contributed by atoms with Crippen LogP contribution in [-0.4, -0.2) is 44.3 Å². The van der Waals surface area contributed by atoms with E-state index in [1.807, 2.05) is 31.2 Å². The van der Waals surface area contributed by atoms with Gasteiger partial charge < -0.3 is 10.2 Å². The summed E-state index contributed by atoms with van der Waals surface area (Å²) in [5.41, 5.74) is 2.12. The van der Waals surface area contributed by atoms with Gasteiger partial charge in [0, 0.05) is 18.1 Å². The summed E-state index contributed by atoms with van der Waals surface area (Å²) in [6.45, 7) is 5.44. The first-order valence-electron chi connectivity index (χ1n) is 11.6. The molecule has 0 unspecified atom stereocenters. The smallest absolute Gasteiger partial charge is 0.264 e. The zero-order chi connectivity index (χ0) is 26.3. The standard InChI is InChI=1S/C27H30ClN3O4S/c1-4-29-27(33)21(3)30(18-22-11-9-8-10-20(22)2)26(32)19-31(24-16-14-23(28)15-17-24)36(34,35)25-12-6-5-7-13-25/h5-17,21H,4,18-19H2,1-3H3,(H,29,33)/t21-/m1/s1. The molecule has 1 N–H and O–H groups in total. The van der Waals surface area contributed by atoms with Crippen LogP contribution < -0.4 is 9.62 Å². The lowest BCUT2D eigenvalue weighted by Gasteiger charge is -2.32. The Hall–Kier alpha value is -3.36. The molecule has 1 atom stereocenters. The van der Waals surface area contributed by atoms with Crippen molar-refractivity contribution >= 4 is 39.1 Å². The van der Waals surface area contributed by atoms with Crippen LogP contribution in [0.25, 0.3) is 0 Å². The fourth-order valence-electron chi connectivity index (χ4n) is 3.73. The van der Waals surface area contributed by atoms with Gasteiger partial charge in [-0.2, -0.15) is 0 Å². The Balaban J connectivity index is 2.02. The number of carbonyl (C=O) groups is 2. The highest BCUT2D eigenvalue weighted by atomic mass is 35.5. The van der Waals surface area contributed by atoms with Crippen molar-refractivity contribution in [2.45, 2.75) is 38.3 Å². The molecule has 3 aromatic rings. The lowest BCUT2D eigenvalue weighted by atomic mass is 10.1. The second kappa shape index (κ2) is 12.1. The fourth-order valence-corrected chi connectivity index (χ4v) is 5.29. The Morgan fingerprint density at radius 2 is 1.56 bits per heavy atom. The number of hydrogen-bond acceptors (Lipinski definition) is 4. The van der Waals surface area contributed by atoms with E-state index in [0.29, 0.717) is 11.6 Å². The molecular weight excluding hydrogens is 498 g/mol. The zero-order valence-corrected chi connectivity index (χ0v) is 22.1. The summed E-state index contributed by atoms with van der Waals surface area (Å²) in [7, 11) is -4.09. The summed E-state index contributed by atoms with van der Waals surface area (Å²) in [6.07, 6.45) is 0. The van der Waals surface area contributed by atoms with Crippen molar-refractivity contribution in [3.63, 3.8) is 0 Å². The molecule has 36 heavy (non-hydrogen) atoms. The molecule has 190 valence electrons. The van der Waals surface area contributed by atoms with Gasteiger partial charge in [0.15, 0.2) is 0 Å². The third-order valence-corrected chi connectivity index (χ3v) is 7.88. The molecule has 3 aromatic carbocycles. The van der Waals surface area contributed by atoms with Crippen molar-refractivity contribution < 1.29 is 18.0 Å². The van der Waals surface area contributed by atoms with Crippen LogP contribution in [0.5, 0.6) is 0 Å². The van der Waals surface area contributed by atoms with Gasteiger partial charge >= 0.3 is 0 Å². The molecule has 0 aliphatic rings. The van der Waals surface area contributed by atoms with Crippen LogP contribution in [0.1, 0.15) is 25.0 Å². The van der Waals surface area contributed by atoms with Crippen molar-refractivity contribution in [3.8, 4) is 0 Å². The van der Waals surface area contributed by atoms with Gasteiger partial charge in [0.25, 0.3) is 10.0 Å². The number of nitrogens with zero attached hydrogens (tertiary/aromatic N) is 2. The molecule has 3 rings (SSSR count). The number of sulfonamides is 1. The minimum absolute atomic E-state index is 0.0509. The number of hydrogen-bond donors (Lipinski definition) is 1.